The number of carbonyl (C=O) groups is 1. The molecule has 4 rings (SSSR count). The van der Waals surface area contributed by atoms with Crippen LogP contribution in [0.5, 0.6) is 0 Å². The zero-order valence-electron chi connectivity index (χ0n) is 12.2. The number of benzene rings is 2. The van der Waals surface area contributed by atoms with Crippen LogP contribution in [0.2, 0.25) is 0 Å². The number of aliphatic imine (C=N–C) groups is 1. The summed E-state index contributed by atoms with van der Waals surface area (Å²) in [7, 11) is 0. The fourth-order valence-corrected chi connectivity index (χ4v) is 3.21. The molecule has 2 heterocycles. The van der Waals surface area contributed by atoms with Crippen molar-refractivity contribution in [2.75, 3.05) is 29.4 Å². The van der Waals surface area contributed by atoms with E-state index in [1.165, 1.54) is 0 Å². The lowest BCUT2D eigenvalue weighted by Crippen LogP contribution is -3.00. The first-order valence-electron chi connectivity index (χ1n) is 7.21. The lowest BCUT2D eigenvalue weighted by molar-refractivity contribution is -0.0000119. The van der Waals surface area contributed by atoms with E-state index in [0.717, 1.165) is 40.5 Å². The molecule has 0 N–H and O–H groups in total. The zero-order valence-corrected chi connectivity index (χ0v) is 15.4. The normalized spacial score (nSPS) is 14.9. The average Bonchev–Trinajstić information content (AvgIpc) is 3.11. The van der Waals surface area contributed by atoms with Crippen molar-refractivity contribution in [3.63, 3.8) is 0 Å². The highest BCUT2D eigenvalue weighted by Crippen LogP contribution is 2.38. The number of ketones is 1. The van der Waals surface area contributed by atoms with E-state index < -0.39 is 0 Å². The van der Waals surface area contributed by atoms with Crippen LogP contribution in [0.15, 0.2) is 58.0 Å². The number of guanidine groups is 1. The van der Waals surface area contributed by atoms with Crippen molar-refractivity contribution in [1.29, 1.82) is 0 Å². The molecule has 0 fully saturated rings. The van der Waals surface area contributed by atoms with E-state index >= 15 is 0 Å². The number of nitrogens with zero attached hydrogens (tertiary/aromatic N) is 3. The zero-order chi connectivity index (χ0) is 15.1. The van der Waals surface area contributed by atoms with Crippen LogP contribution in [0.1, 0.15) is 10.4 Å². The maximum absolute atomic E-state index is 12.6. The minimum absolute atomic E-state index is 0. The molecule has 23 heavy (non-hydrogen) atoms. The molecular weight excluding hydrogens is 422 g/mol. The molecule has 0 unspecified atom stereocenters. The molecule has 0 saturated heterocycles. The van der Waals surface area contributed by atoms with Crippen molar-refractivity contribution < 1.29 is 21.8 Å². The van der Waals surface area contributed by atoms with E-state index in [-0.39, 0.29) is 22.8 Å². The predicted octanol–water partition coefficient (Wildman–Crippen LogP) is 0.332. The molecular formula is C17H14Br2N3O-. The lowest BCUT2D eigenvalue weighted by atomic mass is 10.1. The summed E-state index contributed by atoms with van der Waals surface area (Å²) in [4.78, 5) is 21.3. The van der Waals surface area contributed by atoms with Crippen molar-refractivity contribution in [3.05, 3.63) is 58.6 Å². The highest BCUT2D eigenvalue weighted by Gasteiger charge is 2.35. The Labute approximate surface area is 153 Å². The van der Waals surface area contributed by atoms with Crippen LogP contribution in [-0.2, 0) is 0 Å². The van der Waals surface area contributed by atoms with Gasteiger partial charge in [-0.1, -0.05) is 40.2 Å². The molecule has 2 aliphatic rings. The SMILES string of the molecule is O=C(CN1C2=NCCN2c2ccccc21)c1ccc(Br)cc1.[Br-]. The van der Waals surface area contributed by atoms with Crippen molar-refractivity contribution in [1.82, 2.24) is 0 Å². The Balaban J connectivity index is 0.00000156. The summed E-state index contributed by atoms with van der Waals surface area (Å²) in [6, 6.07) is 15.6. The van der Waals surface area contributed by atoms with Gasteiger partial charge in [0.1, 0.15) is 0 Å². The Morgan fingerprint density at radius 1 is 1.09 bits per heavy atom. The number of halogens is 2. The molecule has 4 nitrogen and oxygen atoms in total. The first-order chi connectivity index (χ1) is 10.7. The standard InChI is InChI=1S/C17H14BrN3O.BrH/c18-13-7-5-12(6-8-13)16(22)11-21-15-4-2-1-3-14(15)20-10-9-19-17(20)21;/h1-8H,9-11H2;1H/p-1. The number of anilines is 2. The van der Waals surface area contributed by atoms with Gasteiger partial charge in [-0.2, -0.15) is 0 Å². The fourth-order valence-electron chi connectivity index (χ4n) is 2.95. The van der Waals surface area contributed by atoms with Gasteiger partial charge in [0.2, 0.25) is 5.96 Å². The average molecular weight is 436 g/mol. The molecule has 0 spiro atoms. The number of Topliss-reactive ketones (excluding diaryl/α,β-unsaturated/α-hetero) is 1. The van der Waals surface area contributed by atoms with Gasteiger partial charge in [0.25, 0.3) is 0 Å². The van der Waals surface area contributed by atoms with Crippen LogP contribution >= 0.6 is 15.9 Å². The van der Waals surface area contributed by atoms with Crippen LogP contribution in [-0.4, -0.2) is 31.4 Å². The van der Waals surface area contributed by atoms with Crippen LogP contribution in [0.3, 0.4) is 0 Å². The van der Waals surface area contributed by atoms with Gasteiger partial charge in [-0.3, -0.25) is 9.79 Å². The number of hydrogen-bond acceptors (Lipinski definition) is 4. The second kappa shape index (κ2) is 6.45. The molecule has 0 saturated carbocycles. The second-order valence-corrected chi connectivity index (χ2v) is 6.25. The summed E-state index contributed by atoms with van der Waals surface area (Å²) in [6.07, 6.45) is 0. The van der Waals surface area contributed by atoms with E-state index in [1.807, 2.05) is 47.4 Å². The van der Waals surface area contributed by atoms with Crippen LogP contribution in [0.4, 0.5) is 11.4 Å². The van der Waals surface area contributed by atoms with E-state index in [9.17, 15) is 4.79 Å². The van der Waals surface area contributed by atoms with Gasteiger partial charge in [0, 0.05) is 16.6 Å². The third kappa shape index (κ3) is 2.81. The quantitative estimate of drug-likeness (QED) is 0.652. The van der Waals surface area contributed by atoms with Gasteiger partial charge in [0.05, 0.1) is 24.5 Å². The summed E-state index contributed by atoms with van der Waals surface area (Å²) in [5.41, 5.74) is 2.92. The Morgan fingerprint density at radius 2 is 1.78 bits per heavy atom. The number of hydrogen-bond donors (Lipinski definition) is 0. The van der Waals surface area contributed by atoms with Crippen molar-refractivity contribution in [2.45, 2.75) is 0 Å². The molecule has 2 aromatic carbocycles. The maximum atomic E-state index is 12.6. The highest BCUT2D eigenvalue weighted by molar-refractivity contribution is 9.10. The molecule has 0 bridgehead atoms. The van der Waals surface area contributed by atoms with E-state index in [1.54, 1.807) is 0 Å². The molecule has 2 aliphatic heterocycles. The number of para-hydroxylation sites is 2. The number of rotatable bonds is 3. The Kier molecular flexibility index (Phi) is 4.55. The van der Waals surface area contributed by atoms with Gasteiger partial charge >= 0.3 is 0 Å². The first kappa shape index (κ1) is 16.2. The molecule has 0 atom stereocenters. The molecule has 118 valence electrons. The molecule has 6 heteroatoms. The van der Waals surface area contributed by atoms with Gasteiger partial charge in [0.15, 0.2) is 5.78 Å². The van der Waals surface area contributed by atoms with Gasteiger partial charge in [-0.15, -0.1) is 0 Å². The Bertz CT molecular complexity index is 774. The molecule has 2 aromatic rings. The predicted molar refractivity (Wildman–Crippen MR) is 91.9 cm³/mol. The molecule has 0 amide bonds. The number of carbonyl (C=O) groups excluding carboxylic acids is 1. The minimum Gasteiger partial charge on any atom is -1.00 e. The maximum Gasteiger partial charge on any atom is 0.206 e. The third-order valence-electron chi connectivity index (χ3n) is 3.99. The minimum atomic E-state index is 0. The van der Waals surface area contributed by atoms with Gasteiger partial charge in [-0.25, -0.2) is 0 Å². The van der Waals surface area contributed by atoms with E-state index in [4.69, 9.17) is 0 Å². The number of fused-ring (bicyclic) bond motifs is 3. The van der Waals surface area contributed by atoms with Crippen molar-refractivity contribution in [2.24, 2.45) is 4.99 Å². The smallest absolute Gasteiger partial charge is 0.206 e. The van der Waals surface area contributed by atoms with Crippen LogP contribution in [0.25, 0.3) is 0 Å². The summed E-state index contributed by atoms with van der Waals surface area (Å²) < 4.78 is 0.974. The van der Waals surface area contributed by atoms with Crippen molar-refractivity contribution in [3.8, 4) is 0 Å². The summed E-state index contributed by atoms with van der Waals surface area (Å²) in [6.45, 7) is 1.98. The largest absolute Gasteiger partial charge is 1.00 e. The monoisotopic (exact) mass is 434 g/mol. The Morgan fingerprint density at radius 3 is 2.52 bits per heavy atom. The lowest BCUT2D eigenvalue weighted by Gasteiger charge is -2.18. The fraction of sp³-hybridized carbons (Fsp3) is 0.176. The summed E-state index contributed by atoms with van der Waals surface area (Å²) in [5, 5.41) is 0. The molecule has 0 aliphatic carbocycles. The van der Waals surface area contributed by atoms with E-state index in [2.05, 4.69) is 31.9 Å². The van der Waals surface area contributed by atoms with Gasteiger partial charge < -0.3 is 26.8 Å². The molecule has 0 radical (unpaired) electrons. The van der Waals surface area contributed by atoms with Crippen LogP contribution < -0.4 is 26.8 Å². The van der Waals surface area contributed by atoms with E-state index in [0.29, 0.717) is 6.54 Å². The highest BCUT2D eigenvalue weighted by atomic mass is 79.9. The van der Waals surface area contributed by atoms with Crippen molar-refractivity contribution >= 4 is 39.0 Å². The van der Waals surface area contributed by atoms with Gasteiger partial charge in [-0.05, 0) is 24.3 Å². The molecule has 0 aromatic heterocycles. The Hall–Kier alpha value is -1.66. The second-order valence-electron chi connectivity index (χ2n) is 5.34. The summed E-state index contributed by atoms with van der Waals surface area (Å²) in [5.74, 6) is 0.991. The topological polar surface area (TPSA) is 35.9 Å². The summed E-state index contributed by atoms with van der Waals surface area (Å²) >= 11 is 3.39. The first-order valence-corrected chi connectivity index (χ1v) is 8.01. The van der Waals surface area contributed by atoms with Crippen LogP contribution in [0, 0.1) is 0 Å². The third-order valence-corrected chi connectivity index (χ3v) is 4.52.